The van der Waals surface area contributed by atoms with Gasteiger partial charge in [0.05, 0.1) is 10.8 Å². The van der Waals surface area contributed by atoms with E-state index in [0.717, 1.165) is 71.7 Å². The molecule has 0 saturated heterocycles. The van der Waals surface area contributed by atoms with Crippen LogP contribution in [0.5, 0.6) is 11.5 Å². The summed E-state index contributed by atoms with van der Waals surface area (Å²) in [6.07, 6.45) is 8.93. The normalized spacial score (nSPS) is 13.2. The third-order valence-electron chi connectivity index (χ3n) is 9.99. The van der Waals surface area contributed by atoms with Gasteiger partial charge in [0.15, 0.2) is 0 Å². The molecule has 0 bridgehead atoms. The van der Waals surface area contributed by atoms with E-state index in [1.165, 1.54) is 0 Å². The number of esters is 2. The molecular formula is C42H62N4O4. The molecule has 2 N–H and O–H groups in total. The number of likely N-dealkylation sites (N-methyl/N-ethyl adjacent to an activating group) is 2. The second-order valence-electron chi connectivity index (χ2n) is 17.8. The lowest BCUT2D eigenvalue weighted by molar-refractivity contribution is -0.147. The van der Waals surface area contributed by atoms with Crippen molar-refractivity contribution < 1.29 is 19.1 Å². The van der Waals surface area contributed by atoms with E-state index in [1.807, 2.05) is 76.5 Å². The Morgan fingerprint density at radius 3 is 1.30 bits per heavy atom. The second-order valence-corrected chi connectivity index (χ2v) is 17.8. The molecule has 0 amide bonds. The van der Waals surface area contributed by atoms with E-state index < -0.39 is 10.8 Å². The Kier molecular flexibility index (Phi) is 12.0. The summed E-state index contributed by atoms with van der Waals surface area (Å²) in [5.41, 5.74) is 2.60. The number of H-pyrrole nitrogens is 2. The predicted molar refractivity (Wildman–Crippen MR) is 206 cm³/mol. The molecule has 8 heteroatoms. The summed E-state index contributed by atoms with van der Waals surface area (Å²) in [5.74, 6) is 0.786. The lowest BCUT2D eigenvalue weighted by Crippen LogP contribution is -2.36. The van der Waals surface area contributed by atoms with Crippen molar-refractivity contribution in [3.63, 3.8) is 0 Å². The van der Waals surface area contributed by atoms with Gasteiger partial charge in [-0.25, -0.2) is 0 Å². The number of benzene rings is 2. The Balaban J connectivity index is 1.38. The quantitative estimate of drug-likeness (QED) is 0.0851. The van der Waals surface area contributed by atoms with Crippen molar-refractivity contribution in [3.05, 3.63) is 59.9 Å². The molecule has 2 aromatic carbocycles. The number of aromatic nitrogens is 2. The maximum absolute atomic E-state index is 13.7. The molecule has 0 aliphatic heterocycles. The van der Waals surface area contributed by atoms with Crippen LogP contribution in [-0.4, -0.2) is 73.0 Å². The number of nitrogens with one attached hydrogen (secondary N) is 2. The molecule has 2 heterocycles. The van der Waals surface area contributed by atoms with Gasteiger partial charge in [0.1, 0.15) is 11.5 Å². The Hall–Kier alpha value is -3.62. The molecule has 4 rings (SSSR count). The molecule has 274 valence electrons. The largest absolute Gasteiger partial charge is 0.425 e. The van der Waals surface area contributed by atoms with Gasteiger partial charge < -0.3 is 29.2 Å². The number of fused-ring (bicyclic) bond motifs is 2. The van der Waals surface area contributed by atoms with Crippen LogP contribution in [0.15, 0.2) is 48.8 Å². The van der Waals surface area contributed by atoms with Crippen LogP contribution in [0.1, 0.15) is 92.2 Å². The number of carbonyl (C=O) groups excluding carboxylic acids is 2. The van der Waals surface area contributed by atoms with Crippen molar-refractivity contribution in [2.75, 3.05) is 41.3 Å². The number of carbonyl (C=O) groups is 2. The molecule has 4 aromatic rings. The first-order valence-corrected chi connectivity index (χ1v) is 18.1. The number of nitrogens with zero attached hydrogens (tertiary/aromatic N) is 2. The lowest BCUT2D eigenvalue weighted by atomic mass is 9.67. The van der Waals surface area contributed by atoms with Gasteiger partial charge in [0.2, 0.25) is 0 Å². The zero-order valence-corrected chi connectivity index (χ0v) is 32.8. The van der Waals surface area contributed by atoms with Crippen molar-refractivity contribution in [3.8, 4) is 11.5 Å². The van der Waals surface area contributed by atoms with Gasteiger partial charge >= 0.3 is 11.9 Å². The third kappa shape index (κ3) is 10.0. The molecule has 0 aliphatic carbocycles. The minimum atomic E-state index is -0.691. The molecule has 50 heavy (non-hydrogen) atoms. The van der Waals surface area contributed by atoms with Crippen molar-refractivity contribution in [2.24, 2.45) is 21.7 Å². The van der Waals surface area contributed by atoms with Crippen LogP contribution in [0.25, 0.3) is 21.8 Å². The molecule has 0 spiro atoms. The fourth-order valence-corrected chi connectivity index (χ4v) is 7.56. The van der Waals surface area contributed by atoms with Crippen LogP contribution in [0.4, 0.5) is 0 Å². The van der Waals surface area contributed by atoms with Crippen LogP contribution in [0, 0.1) is 21.7 Å². The molecule has 0 atom stereocenters. The van der Waals surface area contributed by atoms with E-state index in [-0.39, 0.29) is 22.8 Å². The lowest BCUT2D eigenvalue weighted by Gasteiger charge is -2.38. The van der Waals surface area contributed by atoms with Gasteiger partial charge in [-0.15, -0.1) is 0 Å². The standard InChI is InChI=1S/C42H62N4O4/c1-39(2,27-41(5,6)37(47)49-33-17-13-15-31-35(33)29(25-43-31)19-23-45(9)10)21-22-40(3,4)28-42(7,8)38(48)50-34-18-14-16-32-36(34)30(26-44-32)20-24-46(11)12/h13-18,25-26,43-44H,19-24,27-28H2,1-12H3. The summed E-state index contributed by atoms with van der Waals surface area (Å²) in [6, 6.07) is 11.7. The summed E-state index contributed by atoms with van der Waals surface area (Å²) in [4.78, 5) is 38.4. The first-order valence-electron chi connectivity index (χ1n) is 18.1. The van der Waals surface area contributed by atoms with Crippen molar-refractivity contribution in [1.82, 2.24) is 19.8 Å². The summed E-state index contributed by atoms with van der Waals surface area (Å²) in [7, 11) is 8.24. The molecule has 2 aromatic heterocycles. The van der Waals surface area contributed by atoms with Gasteiger partial charge in [-0.1, -0.05) is 39.8 Å². The van der Waals surface area contributed by atoms with Crippen LogP contribution < -0.4 is 9.47 Å². The summed E-state index contributed by atoms with van der Waals surface area (Å²) in [5, 5.41) is 1.96. The average Bonchev–Trinajstić information content (AvgIpc) is 3.62. The zero-order chi connectivity index (χ0) is 37.1. The van der Waals surface area contributed by atoms with Gasteiger partial charge in [0.25, 0.3) is 0 Å². The number of ether oxygens (including phenoxy) is 2. The van der Waals surface area contributed by atoms with E-state index in [9.17, 15) is 9.59 Å². The van der Waals surface area contributed by atoms with Crippen LogP contribution >= 0.6 is 0 Å². The van der Waals surface area contributed by atoms with Crippen LogP contribution in [0.3, 0.4) is 0 Å². The molecular weight excluding hydrogens is 624 g/mol. The second kappa shape index (κ2) is 15.3. The Morgan fingerprint density at radius 1 is 0.600 bits per heavy atom. The maximum atomic E-state index is 13.7. The van der Waals surface area contributed by atoms with Crippen molar-refractivity contribution >= 4 is 33.7 Å². The highest BCUT2D eigenvalue weighted by Gasteiger charge is 2.40. The highest BCUT2D eigenvalue weighted by molar-refractivity contribution is 5.93. The number of aromatic amines is 2. The van der Waals surface area contributed by atoms with Gasteiger partial charge in [-0.05, 0) is 141 Å². The molecule has 0 aliphatic rings. The number of rotatable bonds is 17. The molecule has 8 nitrogen and oxygen atoms in total. The Labute approximate surface area is 300 Å². The Morgan fingerprint density at radius 2 is 0.960 bits per heavy atom. The summed E-state index contributed by atoms with van der Waals surface area (Å²) >= 11 is 0. The fourth-order valence-electron chi connectivity index (χ4n) is 7.56. The smallest absolute Gasteiger partial charge is 0.316 e. The van der Waals surface area contributed by atoms with Crippen molar-refractivity contribution in [2.45, 2.75) is 93.9 Å². The molecule has 0 saturated carbocycles. The van der Waals surface area contributed by atoms with E-state index in [2.05, 4.69) is 75.7 Å². The fraction of sp³-hybridized carbons (Fsp3) is 0.571. The topological polar surface area (TPSA) is 90.7 Å². The van der Waals surface area contributed by atoms with Gasteiger partial charge in [0, 0.05) is 47.3 Å². The monoisotopic (exact) mass is 686 g/mol. The van der Waals surface area contributed by atoms with E-state index >= 15 is 0 Å². The summed E-state index contributed by atoms with van der Waals surface area (Å²) < 4.78 is 12.3. The predicted octanol–water partition coefficient (Wildman–Crippen LogP) is 9.03. The maximum Gasteiger partial charge on any atom is 0.316 e. The minimum Gasteiger partial charge on any atom is -0.425 e. The molecule has 0 fully saturated rings. The van der Waals surface area contributed by atoms with E-state index in [0.29, 0.717) is 24.3 Å². The first-order chi connectivity index (χ1) is 23.2. The first kappa shape index (κ1) is 39.2. The Bertz CT molecular complexity index is 1640. The molecule has 0 radical (unpaired) electrons. The average molecular weight is 687 g/mol. The van der Waals surface area contributed by atoms with E-state index in [4.69, 9.17) is 9.47 Å². The number of hydrogen-bond donors (Lipinski definition) is 2. The highest BCUT2D eigenvalue weighted by Crippen LogP contribution is 2.45. The summed E-state index contributed by atoms with van der Waals surface area (Å²) in [6.45, 7) is 18.7. The van der Waals surface area contributed by atoms with Crippen LogP contribution in [0.2, 0.25) is 0 Å². The van der Waals surface area contributed by atoms with Gasteiger partial charge in [-0.2, -0.15) is 0 Å². The highest BCUT2D eigenvalue weighted by atomic mass is 16.5. The van der Waals surface area contributed by atoms with Crippen LogP contribution in [-0.2, 0) is 22.4 Å². The zero-order valence-electron chi connectivity index (χ0n) is 32.8. The minimum absolute atomic E-state index is 0.131. The SMILES string of the molecule is CN(C)CCc1c[nH]c2cccc(OC(=O)C(C)(C)CC(C)(C)CCC(C)(C)CC(C)(C)C(=O)Oc3cccc4[nH]cc(CCN(C)C)c34)c12. The van der Waals surface area contributed by atoms with Crippen molar-refractivity contribution in [1.29, 1.82) is 0 Å². The van der Waals surface area contributed by atoms with Gasteiger partial charge in [-0.3, -0.25) is 9.59 Å². The number of hydrogen-bond acceptors (Lipinski definition) is 6. The molecule has 0 unspecified atom stereocenters. The van der Waals surface area contributed by atoms with E-state index in [1.54, 1.807) is 0 Å². The third-order valence-corrected chi connectivity index (χ3v) is 9.99.